The largest absolute Gasteiger partial charge is 0.480 e. The van der Waals surface area contributed by atoms with Crippen molar-refractivity contribution in [3.8, 4) is 10.4 Å². The first-order valence-corrected chi connectivity index (χ1v) is 10.1. The molecule has 0 saturated heterocycles. The molecule has 1 atom stereocenters. The van der Waals surface area contributed by atoms with E-state index in [0.717, 1.165) is 21.0 Å². The molecule has 8 nitrogen and oxygen atoms in total. The van der Waals surface area contributed by atoms with Crippen molar-refractivity contribution in [1.82, 2.24) is 5.32 Å². The molecule has 9 heteroatoms. The minimum atomic E-state index is -0.917. The maximum atomic E-state index is 11.6. The SMILES string of the molecule is CNc1sc(-c2ccc(CN[C@@H](C(=O)O)c3ccccc3)cc2)cc1C(N)=O.NC=O. The van der Waals surface area contributed by atoms with Crippen molar-refractivity contribution in [1.29, 1.82) is 0 Å². The second kappa shape index (κ2) is 11.5. The molecule has 3 aromatic rings. The van der Waals surface area contributed by atoms with Crippen molar-refractivity contribution in [3.05, 3.63) is 77.4 Å². The van der Waals surface area contributed by atoms with Gasteiger partial charge in [0, 0.05) is 18.5 Å². The smallest absolute Gasteiger partial charge is 0.325 e. The Labute approximate surface area is 183 Å². The summed E-state index contributed by atoms with van der Waals surface area (Å²) < 4.78 is 0. The zero-order chi connectivity index (χ0) is 22.8. The standard InChI is InChI=1S/C21H21N3O3S.CH3NO/c1-23-20-16(19(22)25)11-17(28-20)14-9-7-13(8-10-14)12-24-18(21(26)27)15-5-3-2-4-6-15;2-1-3/h2-11,18,23-24H,12H2,1H3,(H2,22,25)(H,26,27);1H,(H2,2,3)/t18-;/m1./s1. The minimum absolute atomic E-state index is 0.250. The Morgan fingerprint density at radius 2 is 1.74 bits per heavy atom. The Balaban J connectivity index is 0.00000107. The number of carbonyl (C=O) groups excluding carboxylic acids is 2. The predicted octanol–water partition coefficient (Wildman–Crippen LogP) is 2.57. The zero-order valence-electron chi connectivity index (χ0n) is 16.9. The predicted molar refractivity (Wildman–Crippen MR) is 122 cm³/mol. The lowest BCUT2D eigenvalue weighted by atomic mass is 10.1. The summed E-state index contributed by atoms with van der Waals surface area (Å²) in [6, 6.07) is 17.9. The molecule has 0 aliphatic rings. The van der Waals surface area contributed by atoms with Crippen LogP contribution in [0.2, 0.25) is 0 Å². The zero-order valence-corrected chi connectivity index (χ0v) is 17.7. The molecule has 0 bridgehead atoms. The van der Waals surface area contributed by atoms with Gasteiger partial charge in [-0.2, -0.15) is 0 Å². The number of anilines is 1. The number of hydrogen-bond donors (Lipinski definition) is 5. The van der Waals surface area contributed by atoms with E-state index in [1.54, 1.807) is 25.2 Å². The topological polar surface area (TPSA) is 148 Å². The average Bonchev–Trinajstić information content (AvgIpc) is 3.20. The third kappa shape index (κ3) is 6.39. The van der Waals surface area contributed by atoms with Gasteiger partial charge in [0.2, 0.25) is 6.41 Å². The summed E-state index contributed by atoms with van der Waals surface area (Å²) in [5, 5.41) is 16.3. The maximum Gasteiger partial charge on any atom is 0.325 e. The number of aliphatic carboxylic acids is 1. The lowest BCUT2D eigenvalue weighted by molar-refractivity contribution is -0.139. The van der Waals surface area contributed by atoms with Crippen LogP contribution in [-0.4, -0.2) is 30.4 Å². The number of nitrogens with two attached hydrogens (primary N) is 2. The lowest BCUT2D eigenvalue weighted by Crippen LogP contribution is -2.28. The minimum Gasteiger partial charge on any atom is -0.480 e. The monoisotopic (exact) mass is 440 g/mol. The molecule has 2 amide bonds. The number of primary amides is 2. The van der Waals surface area contributed by atoms with E-state index in [1.165, 1.54) is 11.3 Å². The van der Waals surface area contributed by atoms with Crippen LogP contribution in [0, 0.1) is 0 Å². The molecule has 0 spiro atoms. The van der Waals surface area contributed by atoms with Crippen LogP contribution < -0.4 is 22.1 Å². The highest BCUT2D eigenvalue weighted by molar-refractivity contribution is 7.19. The van der Waals surface area contributed by atoms with Gasteiger partial charge in [0.1, 0.15) is 11.0 Å². The number of carbonyl (C=O) groups is 3. The summed E-state index contributed by atoms with van der Waals surface area (Å²) in [5.74, 6) is -1.38. The van der Waals surface area contributed by atoms with Crippen molar-refractivity contribution in [2.75, 3.05) is 12.4 Å². The van der Waals surface area contributed by atoms with E-state index in [1.807, 2.05) is 42.5 Å². The Kier molecular flexibility index (Phi) is 8.74. The number of amides is 2. The van der Waals surface area contributed by atoms with Crippen LogP contribution in [-0.2, 0) is 16.1 Å². The summed E-state index contributed by atoms with van der Waals surface area (Å²) in [4.78, 5) is 32.6. The van der Waals surface area contributed by atoms with Crippen LogP contribution in [0.3, 0.4) is 0 Å². The van der Waals surface area contributed by atoms with Crippen LogP contribution in [0.5, 0.6) is 0 Å². The molecule has 3 rings (SSSR count). The Bertz CT molecular complexity index is 1020. The van der Waals surface area contributed by atoms with Gasteiger partial charge in [-0.3, -0.25) is 19.7 Å². The molecule has 0 unspecified atom stereocenters. The third-order valence-corrected chi connectivity index (χ3v) is 5.55. The Hall–Kier alpha value is -3.69. The molecule has 0 radical (unpaired) electrons. The molecule has 1 aromatic heterocycles. The van der Waals surface area contributed by atoms with E-state index < -0.39 is 17.9 Å². The molecule has 2 aromatic carbocycles. The van der Waals surface area contributed by atoms with E-state index in [0.29, 0.717) is 17.7 Å². The highest BCUT2D eigenvalue weighted by atomic mass is 32.1. The number of benzene rings is 2. The Morgan fingerprint density at radius 3 is 2.23 bits per heavy atom. The van der Waals surface area contributed by atoms with Crippen molar-refractivity contribution in [2.24, 2.45) is 11.5 Å². The summed E-state index contributed by atoms with van der Waals surface area (Å²) in [7, 11) is 1.75. The molecule has 31 heavy (non-hydrogen) atoms. The lowest BCUT2D eigenvalue weighted by Gasteiger charge is -2.15. The first-order chi connectivity index (χ1) is 14.9. The van der Waals surface area contributed by atoms with Gasteiger partial charge in [0.05, 0.1) is 5.56 Å². The molecular formula is C22H24N4O4S. The van der Waals surface area contributed by atoms with Gasteiger partial charge >= 0.3 is 5.97 Å². The number of carboxylic acids is 1. The molecule has 0 saturated carbocycles. The van der Waals surface area contributed by atoms with Crippen LogP contribution in [0.1, 0.15) is 27.5 Å². The van der Waals surface area contributed by atoms with Gasteiger partial charge in [-0.15, -0.1) is 11.3 Å². The van der Waals surface area contributed by atoms with Crippen LogP contribution >= 0.6 is 11.3 Å². The quantitative estimate of drug-likeness (QED) is 0.340. The number of hydrogen-bond acceptors (Lipinski definition) is 6. The average molecular weight is 441 g/mol. The molecule has 162 valence electrons. The molecule has 0 aliphatic heterocycles. The van der Waals surface area contributed by atoms with Gasteiger partial charge < -0.3 is 21.9 Å². The highest BCUT2D eigenvalue weighted by Crippen LogP contribution is 2.35. The molecule has 0 fully saturated rings. The van der Waals surface area contributed by atoms with Crippen LogP contribution in [0.4, 0.5) is 5.00 Å². The summed E-state index contributed by atoms with van der Waals surface area (Å²) in [6.45, 7) is 0.422. The van der Waals surface area contributed by atoms with Crippen molar-refractivity contribution < 1.29 is 19.5 Å². The van der Waals surface area contributed by atoms with Gasteiger partial charge in [0.15, 0.2) is 0 Å². The Morgan fingerprint density at radius 1 is 1.13 bits per heavy atom. The third-order valence-electron chi connectivity index (χ3n) is 4.35. The summed E-state index contributed by atoms with van der Waals surface area (Å²) in [5.41, 5.74) is 12.7. The molecule has 1 heterocycles. The first kappa shape index (κ1) is 23.6. The fraction of sp³-hybridized carbons (Fsp3) is 0.136. The molecule has 7 N–H and O–H groups in total. The number of rotatable bonds is 8. The van der Waals surface area contributed by atoms with Gasteiger partial charge in [-0.25, -0.2) is 0 Å². The van der Waals surface area contributed by atoms with Gasteiger partial charge in [-0.05, 0) is 22.8 Å². The summed E-state index contributed by atoms with van der Waals surface area (Å²) in [6.07, 6.45) is 0.250. The van der Waals surface area contributed by atoms with Gasteiger partial charge in [0.25, 0.3) is 5.91 Å². The van der Waals surface area contributed by atoms with Crippen LogP contribution in [0.25, 0.3) is 10.4 Å². The summed E-state index contributed by atoms with van der Waals surface area (Å²) >= 11 is 1.46. The molecular weight excluding hydrogens is 416 g/mol. The second-order valence-corrected chi connectivity index (χ2v) is 7.42. The van der Waals surface area contributed by atoms with E-state index >= 15 is 0 Å². The number of carboxylic acid groups (broad SMARTS) is 1. The van der Waals surface area contributed by atoms with Crippen molar-refractivity contribution in [2.45, 2.75) is 12.6 Å². The second-order valence-electron chi connectivity index (χ2n) is 6.36. The van der Waals surface area contributed by atoms with E-state index in [-0.39, 0.29) is 6.41 Å². The number of thiophene rings is 1. The number of nitrogens with one attached hydrogen (secondary N) is 2. The normalized spacial score (nSPS) is 11.0. The van der Waals surface area contributed by atoms with E-state index in [4.69, 9.17) is 10.5 Å². The van der Waals surface area contributed by atoms with Crippen molar-refractivity contribution in [3.63, 3.8) is 0 Å². The fourth-order valence-electron chi connectivity index (χ4n) is 2.90. The van der Waals surface area contributed by atoms with E-state index in [9.17, 15) is 14.7 Å². The first-order valence-electron chi connectivity index (χ1n) is 9.28. The highest BCUT2D eigenvalue weighted by Gasteiger charge is 2.18. The van der Waals surface area contributed by atoms with E-state index in [2.05, 4.69) is 16.4 Å². The maximum absolute atomic E-state index is 11.6. The van der Waals surface area contributed by atoms with Crippen LogP contribution in [0.15, 0.2) is 60.7 Å². The molecule has 0 aliphatic carbocycles. The van der Waals surface area contributed by atoms with Crippen molar-refractivity contribution >= 4 is 34.6 Å². The van der Waals surface area contributed by atoms with Gasteiger partial charge in [-0.1, -0.05) is 54.6 Å². The fourth-order valence-corrected chi connectivity index (χ4v) is 3.92.